The van der Waals surface area contributed by atoms with E-state index in [-0.39, 0.29) is 0 Å². The van der Waals surface area contributed by atoms with E-state index in [0.29, 0.717) is 0 Å². The Morgan fingerprint density at radius 1 is 1.00 bits per heavy atom. The van der Waals surface area contributed by atoms with E-state index in [1.165, 1.54) is 32.1 Å². The molecule has 3 rings (SSSR count). The highest BCUT2D eigenvalue weighted by atomic mass is 28.3. The summed E-state index contributed by atoms with van der Waals surface area (Å²) in [4.78, 5) is 0. The molecule has 0 N–H and O–H groups in total. The molecule has 98 valence electrons. The smallest absolute Gasteiger partial charge is 0.0582 e. The van der Waals surface area contributed by atoms with Gasteiger partial charge in [-0.05, 0) is 34.5 Å². The SMILES string of the molecule is CC1CC([Si](C)(C)C2CCCC2)c2ccccc21. The van der Waals surface area contributed by atoms with E-state index >= 15 is 0 Å². The molecule has 0 saturated heterocycles. The first-order valence-electron chi connectivity index (χ1n) is 7.69. The molecule has 1 saturated carbocycles. The van der Waals surface area contributed by atoms with Crippen LogP contribution in [0.25, 0.3) is 0 Å². The first-order valence-corrected chi connectivity index (χ1v) is 10.8. The van der Waals surface area contributed by atoms with Crippen LogP contribution < -0.4 is 0 Å². The van der Waals surface area contributed by atoms with Crippen molar-refractivity contribution in [3.05, 3.63) is 35.4 Å². The number of hydrogen-bond donors (Lipinski definition) is 0. The average molecular weight is 258 g/mol. The molecule has 1 aromatic rings. The van der Waals surface area contributed by atoms with Crippen molar-refractivity contribution in [2.75, 3.05) is 0 Å². The van der Waals surface area contributed by atoms with Crippen LogP contribution >= 0.6 is 0 Å². The summed E-state index contributed by atoms with van der Waals surface area (Å²) in [5, 5.41) is 0. The summed E-state index contributed by atoms with van der Waals surface area (Å²) in [5.41, 5.74) is 5.38. The van der Waals surface area contributed by atoms with Gasteiger partial charge in [-0.3, -0.25) is 0 Å². The molecular weight excluding hydrogens is 232 g/mol. The molecule has 0 aliphatic heterocycles. The third-order valence-electron chi connectivity index (χ3n) is 5.80. The van der Waals surface area contributed by atoms with Gasteiger partial charge >= 0.3 is 0 Å². The molecule has 0 amide bonds. The number of rotatable bonds is 2. The minimum absolute atomic E-state index is 0.791. The summed E-state index contributed by atoms with van der Waals surface area (Å²) in [7, 11) is -1.13. The lowest BCUT2D eigenvalue weighted by molar-refractivity contribution is 0.694. The molecule has 0 radical (unpaired) electrons. The molecule has 2 aliphatic rings. The Labute approximate surface area is 113 Å². The van der Waals surface area contributed by atoms with Crippen molar-refractivity contribution in [2.45, 2.75) is 69.1 Å². The Kier molecular flexibility index (Phi) is 3.13. The molecule has 18 heavy (non-hydrogen) atoms. The zero-order valence-electron chi connectivity index (χ0n) is 12.1. The number of fused-ring (bicyclic) bond motifs is 1. The molecule has 0 spiro atoms. The second-order valence-electron chi connectivity index (χ2n) is 7.12. The summed E-state index contributed by atoms with van der Waals surface area (Å²) in [6, 6.07) is 9.27. The van der Waals surface area contributed by atoms with Crippen LogP contribution in [0.15, 0.2) is 24.3 Å². The zero-order valence-corrected chi connectivity index (χ0v) is 13.1. The highest BCUT2D eigenvalue weighted by molar-refractivity contribution is 6.80. The van der Waals surface area contributed by atoms with Gasteiger partial charge in [0.25, 0.3) is 0 Å². The molecule has 0 heterocycles. The maximum atomic E-state index is 2.67. The fourth-order valence-corrected chi connectivity index (χ4v) is 9.03. The van der Waals surface area contributed by atoms with Crippen LogP contribution in [-0.4, -0.2) is 8.07 Å². The lowest BCUT2D eigenvalue weighted by Gasteiger charge is -2.36. The second kappa shape index (κ2) is 4.52. The molecular formula is C17H26Si. The highest BCUT2D eigenvalue weighted by Crippen LogP contribution is 2.52. The Bertz CT molecular complexity index is 429. The first kappa shape index (κ1) is 12.5. The molecule has 0 bridgehead atoms. The maximum absolute atomic E-state index is 2.67. The van der Waals surface area contributed by atoms with Crippen molar-refractivity contribution in [1.82, 2.24) is 0 Å². The molecule has 2 aliphatic carbocycles. The van der Waals surface area contributed by atoms with Gasteiger partial charge in [-0.2, -0.15) is 0 Å². The van der Waals surface area contributed by atoms with E-state index in [1.54, 1.807) is 11.1 Å². The molecule has 0 nitrogen and oxygen atoms in total. The van der Waals surface area contributed by atoms with Crippen LogP contribution in [0.5, 0.6) is 0 Å². The van der Waals surface area contributed by atoms with Crippen LogP contribution in [-0.2, 0) is 0 Å². The standard InChI is InChI=1S/C17H26Si/c1-13-12-17(16-11-7-6-10-15(13)16)18(2,3)14-8-4-5-9-14/h6-7,10-11,13-14,17H,4-5,8-9,12H2,1-3H3. The van der Waals surface area contributed by atoms with Crippen molar-refractivity contribution < 1.29 is 0 Å². The quantitative estimate of drug-likeness (QED) is 0.617. The van der Waals surface area contributed by atoms with Crippen LogP contribution in [0.1, 0.15) is 61.6 Å². The molecule has 1 aromatic carbocycles. The van der Waals surface area contributed by atoms with E-state index < -0.39 is 8.07 Å². The van der Waals surface area contributed by atoms with Crippen molar-refractivity contribution in [3.63, 3.8) is 0 Å². The van der Waals surface area contributed by atoms with E-state index in [4.69, 9.17) is 0 Å². The van der Waals surface area contributed by atoms with Gasteiger partial charge < -0.3 is 0 Å². The first-order chi connectivity index (χ1) is 8.60. The zero-order chi connectivity index (χ0) is 12.8. The van der Waals surface area contributed by atoms with Crippen LogP contribution in [0.3, 0.4) is 0 Å². The molecule has 2 atom stereocenters. The highest BCUT2D eigenvalue weighted by Gasteiger charge is 2.44. The normalized spacial score (nSPS) is 28.6. The molecule has 0 aromatic heterocycles. The predicted octanol–water partition coefficient (Wildman–Crippen LogP) is 5.47. The molecule has 2 unspecified atom stereocenters. The van der Waals surface area contributed by atoms with E-state index in [0.717, 1.165) is 17.0 Å². The van der Waals surface area contributed by atoms with E-state index in [1.807, 2.05) is 0 Å². The Morgan fingerprint density at radius 2 is 1.61 bits per heavy atom. The van der Waals surface area contributed by atoms with Crippen LogP contribution in [0.4, 0.5) is 0 Å². The van der Waals surface area contributed by atoms with E-state index in [9.17, 15) is 0 Å². The van der Waals surface area contributed by atoms with Gasteiger partial charge in [0.05, 0.1) is 8.07 Å². The fourth-order valence-electron chi connectivity index (χ4n) is 4.54. The summed E-state index contributed by atoms with van der Waals surface area (Å²) in [6.45, 7) is 7.77. The summed E-state index contributed by atoms with van der Waals surface area (Å²) in [6.07, 6.45) is 7.45. The van der Waals surface area contributed by atoms with Gasteiger partial charge in [-0.25, -0.2) is 0 Å². The Morgan fingerprint density at radius 3 is 2.28 bits per heavy atom. The van der Waals surface area contributed by atoms with Gasteiger partial charge in [0.15, 0.2) is 0 Å². The van der Waals surface area contributed by atoms with Gasteiger partial charge in [0, 0.05) is 0 Å². The molecule has 1 fully saturated rings. The Hall–Kier alpha value is -0.563. The average Bonchev–Trinajstić information content (AvgIpc) is 2.98. The van der Waals surface area contributed by atoms with Crippen molar-refractivity contribution in [3.8, 4) is 0 Å². The number of benzene rings is 1. The third kappa shape index (κ3) is 1.87. The Balaban J connectivity index is 1.94. The van der Waals surface area contributed by atoms with Gasteiger partial charge in [0.2, 0.25) is 0 Å². The second-order valence-corrected chi connectivity index (χ2v) is 12.3. The van der Waals surface area contributed by atoms with E-state index in [2.05, 4.69) is 44.3 Å². The maximum Gasteiger partial charge on any atom is 0.0582 e. The summed E-state index contributed by atoms with van der Waals surface area (Å²) >= 11 is 0. The van der Waals surface area contributed by atoms with Gasteiger partial charge in [-0.15, -0.1) is 0 Å². The summed E-state index contributed by atoms with van der Waals surface area (Å²) in [5.74, 6) is 0.791. The van der Waals surface area contributed by atoms with Crippen LogP contribution in [0.2, 0.25) is 18.6 Å². The largest absolute Gasteiger partial charge is 0.0687 e. The van der Waals surface area contributed by atoms with Crippen molar-refractivity contribution >= 4 is 8.07 Å². The number of hydrogen-bond acceptors (Lipinski definition) is 0. The van der Waals surface area contributed by atoms with Gasteiger partial charge in [0.1, 0.15) is 0 Å². The van der Waals surface area contributed by atoms with Crippen molar-refractivity contribution in [1.29, 1.82) is 0 Å². The third-order valence-corrected chi connectivity index (χ3v) is 10.8. The minimum Gasteiger partial charge on any atom is -0.0687 e. The predicted molar refractivity (Wildman–Crippen MR) is 81.9 cm³/mol. The monoisotopic (exact) mass is 258 g/mol. The van der Waals surface area contributed by atoms with Crippen molar-refractivity contribution in [2.24, 2.45) is 0 Å². The van der Waals surface area contributed by atoms with Gasteiger partial charge in [-0.1, -0.05) is 70.0 Å². The fraction of sp³-hybridized carbons (Fsp3) is 0.647. The van der Waals surface area contributed by atoms with Crippen LogP contribution in [0, 0.1) is 0 Å². The minimum atomic E-state index is -1.13. The molecule has 1 heteroatoms. The topological polar surface area (TPSA) is 0 Å². The lowest BCUT2D eigenvalue weighted by atomic mass is 10.0. The lowest BCUT2D eigenvalue weighted by Crippen LogP contribution is -2.38. The summed E-state index contributed by atoms with van der Waals surface area (Å²) < 4.78 is 0.